The number of hydrogen-bond donors (Lipinski definition) is 0. The summed E-state index contributed by atoms with van der Waals surface area (Å²) in [6.07, 6.45) is 2.52. The second kappa shape index (κ2) is 9.02. The van der Waals surface area contributed by atoms with Crippen molar-refractivity contribution in [1.29, 1.82) is 0 Å². The fourth-order valence-electron chi connectivity index (χ4n) is 4.87. The first-order valence-electron chi connectivity index (χ1n) is 11.8. The Balaban J connectivity index is 1.23. The number of aryl methyl sites for hydroxylation is 2. The zero-order valence-electron chi connectivity index (χ0n) is 19.9. The summed E-state index contributed by atoms with van der Waals surface area (Å²) in [5.74, 6) is 1.99. The summed E-state index contributed by atoms with van der Waals surface area (Å²) in [7, 11) is 4.20. The van der Waals surface area contributed by atoms with E-state index < -0.39 is 0 Å². The highest BCUT2D eigenvalue weighted by Crippen LogP contribution is 2.23. The molecule has 2 aromatic heterocycles. The standard InChI is InChI=1S/C25H33N7O/c1-19-16-23(30-10-8-28(2)9-11-30)27-25(26-19)32-14-12-31(13-15-32)24(33)17-20-18-29(3)22-7-5-4-6-21(20)22/h4-7,16,18H,8-15,17H2,1-3H3. The number of amides is 1. The highest BCUT2D eigenvalue weighted by atomic mass is 16.2. The van der Waals surface area contributed by atoms with Crippen molar-refractivity contribution in [3.8, 4) is 0 Å². The SMILES string of the molecule is Cc1cc(N2CCN(C)CC2)nc(N2CCN(C(=O)Cc3cn(C)c4ccccc34)CC2)n1. The number of likely N-dealkylation sites (N-methyl/N-ethyl adjacent to an activating group) is 1. The Morgan fingerprint density at radius 3 is 2.36 bits per heavy atom. The predicted molar refractivity (Wildman–Crippen MR) is 132 cm³/mol. The Bertz CT molecular complexity index is 1140. The number of hydrogen-bond acceptors (Lipinski definition) is 6. The number of carbonyl (C=O) groups excluding carboxylic acids is 1. The topological polar surface area (TPSA) is 60.7 Å². The average Bonchev–Trinajstić information content (AvgIpc) is 3.14. The van der Waals surface area contributed by atoms with Crippen molar-refractivity contribution in [3.05, 3.63) is 47.8 Å². The number of rotatable bonds is 4. The summed E-state index contributed by atoms with van der Waals surface area (Å²) in [6, 6.07) is 10.4. The van der Waals surface area contributed by atoms with Crippen LogP contribution in [-0.2, 0) is 18.3 Å². The molecule has 0 spiro atoms. The van der Waals surface area contributed by atoms with Gasteiger partial charge in [0, 0.05) is 88.3 Å². The fourth-order valence-corrected chi connectivity index (χ4v) is 4.87. The van der Waals surface area contributed by atoms with Crippen LogP contribution in [0.25, 0.3) is 10.9 Å². The summed E-state index contributed by atoms with van der Waals surface area (Å²) in [5.41, 5.74) is 3.25. The van der Waals surface area contributed by atoms with Crippen molar-refractivity contribution in [2.45, 2.75) is 13.3 Å². The van der Waals surface area contributed by atoms with Crippen molar-refractivity contribution in [3.63, 3.8) is 0 Å². The van der Waals surface area contributed by atoms with Gasteiger partial charge in [0.15, 0.2) is 0 Å². The fraction of sp³-hybridized carbons (Fsp3) is 0.480. The van der Waals surface area contributed by atoms with Gasteiger partial charge in [-0.3, -0.25) is 4.79 Å². The van der Waals surface area contributed by atoms with Crippen molar-refractivity contribution in [2.75, 3.05) is 69.2 Å². The van der Waals surface area contributed by atoms with Gasteiger partial charge in [-0.2, -0.15) is 4.98 Å². The molecule has 174 valence electrons. The van der Waals surface area contributed by atoms with Crippen LogP contribution in [0.2, 0.25) is 0 Å². The first-order chi connectivity index (χ1) is 16.0. The number of carbonyl (C=O) groups is 1. The van der Waals surface area contributed by atoms with Gasteiger partial charge in [-0.05, 0) is 25.6 Å². The molecule has 0 aliphatic carbocycles. The summed E-state index contributed by atoms with van der Waals surface area (Å²) < 4.78 is 2.10. The van der Waals surface area contributed by atoms with Crippen LogP contribution < -0.4 is 9.80 Å². The first-order valence-corrected chi connectivity index (χ1v) is 11.8. The minimum Gasteiger partial charge on any atom is -0.354 e. The third kappa shape index (κ3) is 4.53. The summed E-state index contributed by atoms with van der Waals surface area (Å²) in [6.45, 7) is 9.03. The Morgan fingerprint density at radius 2 is 1.61 bits per heavy atom. The van der Waals surface area contributed by atoms with Gasteiger partial charge in [-0.1, -0.05) is 18.2 Å². The molecule has 0 N–H and O–H groups in total. The van der Waals surface area contributed by atoms with Gasteiger partial charge >= 0.3 is 0 Å². The predicted octanol–water partition coefficient (Wildman–Crippen LogP) is 1.92. The molecule has 1 amide bonds. The lowest BCUT2D eigenvalue weighted by atomic mass is 10.1. The number of para-hydroxylation sites is 1. The van der Waals surface area contributed by atoms with Crippen LogP contribution in [0.4, 0.5) is 11.8 Å². The van der Waals surface area contributed by atoms with Gasteiger partial charge in [0.2, 0.25) is 11.9 Å². The molecular weight excluding hydrogens is 414 g/mol. The van der Waals surface area contributed by atoms with E-state index in [2.05, 4.69) is 50.7 Å². The molecule has 33 heavy (non-hydrogen) atoms. The molecule has 0 bridgehead atoms. The van der Waals surface area contributed by atoms with Gasteiger partial charge in [-0.25, -0.2) is 4.98 Å². The molecule has 2 fully saturated rings. The van der Waals surface area contributed by atoms with Crippen LogP contribution in [0.1, 0.15) is 11.3 Å². The lowest BCUT2D eigenvalue weighted by molar-refractivity contribution is -0.130. The monoisotopic (exact) mass is 447 g/mol. The molecule has 2 saturated heterocycles. The van der Waals surface area contributed by atoms with E-state index in [1.165, 1.54) is 0 Å². The van der Waals surface area contributed by atoms with E-state index >= 15 is 0 Å². The molecule has 2 aliphatic heterocycles. The molecular formula is C25H33N7O. The Labute approximate surface area is 195 Å². The molecule has 2 aliphatic rings. The summed E-state index contributed by atoms with van der Waals surface area (Å²) in [5, 5.41) is 1.16. The van der Waals surface area contributed by atoms with E-state index in [9.17, 15) is 4.79 Å². The number of piperazine rings is 2. The Morgan fingerprint density at radius 1 is 0.909 bits per heavy atom. The summed E-state index contributed by atoms with van der Waals surface area (Å²) in [4.78, 5) is 31.6. The molecule has 1 aromatic carbocycles. The van der Waals surface area contributed by atoms with Gasteiger partial charge in [0.25, 0.3) is 0 Å². The molecule has 8 heteroatoms. The molecule has 4 heterocycles. The molecule has 3 aromatic rings. The lowest BCUT2D eigenvalue weighted by Gasteiger charge is -2.36. The van der Waals surface area contributed by atoms with E-state index in [4.69, 9.17) is 9.97 Å². The van der Waals surface area contributed by atoms with Crippen LogP contribution in [0.15, 0.2) is 36.5 Å². The van der Waals surface area contributed by atoms with Crippen LogP contribution >= 0.6 is 0 Å². The van der Waals surface area contributed by atoms with Gasteiger partial charge in [-0.15, -0.1) is 0 Å². The number of fused-ring (bicyclic) bond motifs is 1. The second-order valence-electron chi connectivity index (χ2n) is 9.28. The number of benzene rings is 1. The second-order valence-corrected chi connectivity index (χ2v) is 9.28. The highest BCUT2D eigenvalue weighted by Gasteiger charge is 2.25. The van der Waals surface area contributed by atoms with Crippen molar-refractivity contribution in [2.24, 2.45) is 7.05 Å². The lowest BCUT2D eigenvalue weighted by Crippen LogP contribution is -2.50. The molecule has 0 saturated carbocycles. The zero-order chi connectivity index (χ0) is 22.9. The molecule has 0 atom stereocenters. The Kier molecular flexibility index (Phi) is 5.93. The normalized spacial score (nSPS) is 17.7. The van der Waals surface area contributed by atoms with Gasteiger partial charge < -0.3 is 24.2 Å². The maximum absolute atomic E-state index is 13.1. The maximum atomic E-state index is 13.1. The highest BCUT2D eigenvalue weighted by molar-refractivity contribution is 5.89. The largest absolute Gasteiger partial charge is 0.354 e. The van der Waals surface area contributed by atoms with Crippen LogP contribution in [0, 0.1) is 6.92 Å². The van der Waals surface area contributed by atoms with E-state index in [0.29, 0.717) is 19.5 Å². The number of nitrogens with zero attached hydrogens (tertiary/aromatic N) is 7. The van der Waals surface area contributed by atoms with Gasteiger partial charge in [0.05, 0.1) is 6.42 Å². The average molecular weight is 448 g/mol. The number of anilines is 2. The maximum Gasteiger partial charge on any atom is 0.227 e. The first kappa shape index (κ1) is 21.7. The molecule has 0 unspecified atom stereocenters. The van der Waals surface area contributed by atoms with E-state index in [-0.39, 0.29) is 5.91 Å². The third-order valence-electron chi connectivity index (χ3n) is 6.89. The molecule has 0 radical (unpaired) electrons. The minimum absolute atomic E-state index is 0.189. The van der Waals surface area contributed by atoms with Gasteiger partial charge in [0.1, 0.15) is 5.82 Å². The van der Waals surface area contributed by atoms with Crippen LogP contribution in [-0.4, -0.2) is 89.6 Å². The zero-order valence-corrected chi connectivity index (χ0v) is 19.9. The third-order valence-corrected chi connectivity index (χ3v) is 6.89. The quantitative estimate of drug-likeness (QED) is 0.609. The van der Waals surface area contributed by atoms with E-state index in [0.717, 1.165) is 73.2 Å². The van der Waals surface area contributed by atoms with Crippen molar-refractivity contribution >= 4 is 28.6 Å². The Hall–Kier alpha value is -3.13. The van der Waals surface area contributed by atoms with E-state index in [1.807, 2.05) is 31.0 Å². The van der Waals surface area contributed by atoms with E-state index in [1.54, 1.807) is 0 Å². The van der Waals surface area contributed by atoms with Crippen molar-refractivity contribution < 1.29 is 4.79 Å². The number of aromatic nitrogens is 3. The van der Waals surface area contributed by atoms with Crippen molar-refractivity contribution in [1.82, 2.24) is 24.3 Å². The summed E-state index contributed by atoms with van der Waals surface area (Å²) >= 11 is 0. The van der Waals surface area contributed by atoms with Crippen LogP contribution in [0.5, 0.6) is 0 Å². The smallest absolute Gasteiger partial charge is 0.227 e. The molecule has 5 rings (SSSR count). The molecule has 8 nitrogen and oxygen atoms in total. The van der Waals surface area contributed by atoms with Crippen LogP contribution in [0.3, 0.4) is 0 Å². The minimum atomic E-state index is 0.189.